The molecule has 1 amide bonds. The molecule has 2 atom stereocenters. The van der Waals surface area contributed by atoms with Crippen molar-refractivity contribution < 1.29 is 18.7 Å². The lowest BCUT2D eigenvalue weighted by Crippen LogP contribution is -2.41. The van der Waals surface area contributed by atoms with Crippen molar-refractivity contribution in [1.82, 2.24) is 10.3 Å². The highest BCUT2D eigenvalue weighted by Gasteiger charge is 2.24. The summed E-state index contributed by atoms with van der Waals surface area (Å²) in [6.45, 7) is 2.32. The van der Waals surface area contributed by atoms with Crippen LogP contribution in [0.15, 0.2) is 15.7 Å². The third-order valence-corrected chi connectivity index (χ3v) is 3.41. The van der Waals surface area contributed by atoms with Gasteiger partial charge in [0.25, 0.3) is 5.91 Å². The van der Waals surface area contributed by atoms with E-state index in [0.717, 1.165) is 6.42 Å². The van der Waals surface area contributed by atoms with Gasteiger partial charge in [-0.25, -0.2) is 9.78 Å². The Balaban J connectivity index is 2.68. The Hall–Kier alpha value is -2.62. The summed E-state index contributed by atoms with van der Waals surface area (Å²) in [6, 6.07) is -1.21. The predicted molar refractivity (Wildman–Crippen MR) is 91.5 cm³/mol. The second-order valence-electron chi connectivity index (χ2n) is 5.46. The Morgan fingerprint density at radius 3 is 2.72 bits per heavy atom. The lowest BCUT2D eigenvalue weighted by Gasteiger charge is -2.15. The first-order valence-electron chi connectivity index (χ1n) is 8.04. The van der Waals surface area contributed by atoms with Gasteiger partial charge in [0.2, 0.25) is 5.89 Å². The number of nitrogens with zero attached hydrogens (tertiary/aromatic N) is 2. The van der Waals surface area contributed by atoms with E-state index < -0.39 is 17.9 Å². The van der Waals surface area contributed by atoms with Crippen LogP contribution in [0, 0.1) is 0 Å². The quantitative estimate of drug-likeness (QED) is 0.193. The number of oxazole rings is 1. The van der Waals surface area contributed by atoms with Crippen LogP contribution < -0.4 is 22.5 Å². The molecular weight excluding hydrogens is 328 g/mol. The fraction of sp³-hybridized carbons (Fsp3) is 0.600. The monoisotopic (exact) mass is 354 g/mol. The summed E-state index contributed by atoms with van der Waals surface area (Å²) in [4.78, 5) is 32.0. The largest absolute Gasteiger partial charge is 0.467 e. The van der Waals surface area contributed by atoms with Crippen LogP contribution in [0.25, 0.3) is 0 Å². The molecule has 0 saturated heterocycles. The first-order valence-corrected chi connectivity index (χ1v) is 8.04. The fourth-order valence-electron chi connectivity index (χ4n) is 2.12. The number of carbonyl (C=O) groups excluding carboxylic acids is 2. The zero-order chi connectivity index (χ0) is 18.8. The van der Waals surface area contributed by atoms with E-state index in [2.05, 4.69) is 15.3 Å². The number of rotatable bonds is 10. The van der Waals surface area contributed by atoms with E-state index in [0.29, 0.717) is 25.8 Å². The zero-order valence-corrected chi connectivity index (χ0v) is 14.5. The summed E-state index contributed by atoms with van der Waals surface area (Å²) in [5.74, 6) is -0.855. The highest BCUT2D eigenvalue weighted by atomic mass is 16.5. The SMILES string of the molecule is CCCC(N)c1nc(C(=O)NC(CCCN=C(N)N)C(=O)OC)co1. The molecule has 0 aliphatic heterocycles. The number of guanidine groups is 1. The lowest BCUT2D eigenvalue weighted by atomic mass is 10.1. The van der Waals surface area contributed by atoms with E-state index in [9.17, 15) is 9.59 Å². The predicted octanol–water partition coefficient (Wildman–Crippen LogP) is -0.200. The zero-order valence-electron chi connectivity index (χ0n) is 14.5. The number of hydrogen-bond donors (Lipinski definition) is 4. The molecular formula is C15H26N6O4. The number of nitrogens with two attached hydrogens (primary N) is 3. The summed E-state index contributed by atoms with van der Waals surface area (Å²) in [7, 11) is 1.25. The number of hydrogen-bond acceptors (Lipinski definition) is 7. The number of ether oxygens (including phenoxy) is 1. The van der Waals surface area contributed by atoms with Gasteiger partial charge >= 0.3 is 5.97 Å². The van der Waals surface area contributed by atoms with Gasteiger partial charge in [0, 0.05) is 6.54 Å². The minimum atomic E-state index is -0.837. The molecule has 0 saturated carbocycles. The van der Waals surface area contributed by atoms with Gasteiger partial charge in [-0.3, -0.25) is 9.79 Å². The van der Waals surface area contributed by atoms with Crippen LogP contribution in [0.3, 0.4) is 0 Å². The molecule has 0 spiro atoms. The summed E-state index contributed by atoms with van der Waals surface area (Å²) in [6.07, 6.45) is 3.58. The van der Waals surface area contributed by atoms with Crippen LogP contribution in [-0.4, -0.2) is 42.5 Å². The third-order valence-electron chi connectivity index (χ3n) is 3.41. The molecule has 1 aromatic heterocycles. The molecule has 25 heavy (non-hydrogen) atoms. The molecule has 0 bridgehead atoms. The van der Waals surface area contributed by atoms with Gasteiger partial charge in [-0.2, -0.15) is 0 Å². The van der Waals surface area contributed by atoms with Gasteiger partial charge in [-0.05, 0) is 19.3 Å². The van der Waals surface area contributed by atoms with Crippen molar-refractivity contribution in [2.75, 3.05) is 13.7 Å². The number of aliphatic imine (C=N–C) groups is 1. The van der Waals surface area contributed by atoms with Crippen LogP contribution in [0.2, 0.25) is 0 Å². The van der Waals surface area contributed by atoms with E-state index in [4.69, 9.17) is 26.4 Å². The average Bonchev–Trinajstić information content (AvgIpc) is 3.07. The molecule has 0 fully saturated rings. The highest BCUT2D eigenvalue weighted by molar-refractivity contribution is 5.94. The molecule has 0 radical (unpaired) electrons. The fourth-order valence-corrected chi connectivity index (χ4v) is 2.12. The Labute approximate surface area is 146 Å². The molecule has 1 rings (SSSR count). The summed E-state index contributed by atoms with van der Waals surface area (Å²) >= 11 is 0. The first-order chi connectivity index (χ1) is 11.9. The highest BCUT2D eigenvalue weighted by Crippen LogP contribution is 2.15. The summed E-state index contributed by atoms with van der Waals surface area (Å²) in [5.41, 5.74) is 16.4. The van der Waals surface area contributed by atoms with E-state index >= 15 is 0 Å². The number of carbonyl (C=O) groups is 2. The Morgan fingerprint density at radius 1 is 1.40 bits per heavy atom. The summed E-state index contributed by atoms with van der Waals surface area (Å²) in [5, 5.41) is 2.57. The number of aromatic nitrogens is 1. The maximum absolute atomic E-state index is 12.3. The molecule has 7 N–H and O–H groups in total. The van der Waals surface area contributed by atoms with E-state index in [1.54, 1.807) is 0 Å². The number of methoxy groups -OCH3 is 1. The van der Waals surface area contributed by atoms with Crippen LogP contribution >= 0.6 is 0 Å². The van der Waals surface area contributed by atoms with Gasteiger partial charge < -0.3 is 31.7 Å². The van der Waals surface area contributed by atoms with Crippen molar-refractivity contribution in [3.63, 3.8) is 0 Å². The number of esters is 1. The topological polar surface area (TPSA) is 172 Å². The number of amides is 1. The van der Waals surface area contributed by atoms with Crippen LogP contribution in [0.4, 0.5) is 0 Å². The molecule has 0 aromatic carbocycles. The van der Waals surface area contributed by atoms with Gasteiger partial charge in [-0.15, -0.1) is 0 Å². The van der Waals surface area contributed by atoms with E-state index in [1.807, 2.05) is 6.92 Å². The minimum absolute atomic E-state index is 0.0304. The van der Waals surface area contributed by atoms with Gasteiger partial charge in [0.15, 0.2) is 11.7 Å². The van der Waals surface area contributed by atoms with E-state index in [1.165, 1.54) is 13.4 Å². The number of nitrogens with one attached hydrogen (secondary N) is 1. The van der Waals surface area contributed by atoms with Crippen LogP contribution in [0.1, 0.15) is 55.0 Å². The minimum Gasteiger partial charge on any atom is -0.467 e. The second kappa shape index (κ2) is 10.3. The maximum atomic E-state index is 12.3. The molecule has 10 nitrogen and oxygen atoms in total. The van der Waals surface area contributed by atoms with Gasteiger partial charge in [0.05, 0.1) is 13.2 Å². The van der Waals surface area contributed by atoms with E-state index in [-0.39, 0.29) is 23.6 Å². The second-order valence-corrected chi connectivity index (χ2v) is 5.46. The van der Waals surface area contributed by atoms with Crippen molar-refractivity contribution in [3.8, 4) is 0 Å². The summed E-state index contributed by atoms with van der Waals surface area (Å²) < 4.78 is 9.93. The van der Waals surface area contributed by atoms with Gasteiger partial charge in [-0.1, -0.05) is 13.3 Å². The van der Waals surface area contributed by atoms with Crippen LogP contribution in [0.5, 0.6) is 0 Å². The maximum Gasteiger partial charge on any atom is 0.328 e. The lowest BCUT2D eigenvalue weighted by molar-refractivity contribution is -0.143. The Morgan fingerprint density at radius 2 is 2.12 bits per heavy atom. The molecule has 0 aliphatic rings. The molecule has 140 valence electrons. The standard InChI is InChI=1S/C15H26N6O4/c1-3-5-9(16)13-21-11(8-25-13)12(22)20-10(14(23)24-2)6-4-7-19-15(17)18/h8-10H,3-7,16H2,1-2H3,(H,20,22)(H4,17,18,19). The molecule has 10 heteroatoms. The van der Waals surface area contributed by atoms with Crippen molar-refractivity contribution in [3.05, 3.63) is 17.8 Å². The molecule has 1 heterocycles. The van der Waals surface area contributed by atoms with Crippen molar-refractivity contribution >= 4 is 17.8 Å². The van der Waals surface area contributed by atoms with Crippen molar-refractivity contribution in [2.24, 2.45) is 22.2 Å². The first kappa shape index (κ1) is 20.4. The smallest absolute Gasteiger partial charge is 0.328 e. The average molecular weight is 354 g/mol. The van der Waals surface area contributed by atoms with Crippen LogP contribution in [-0.2, 0) is 9.53 Å². The normalized spacial score (nSPS) is 12.9. The Kier molecular flexibility index (Phi) is 8.40. The van der Waals surface area contributed by atoms with Crippen molar-refractivity contribution in [1.29, 1.82) is 0 Å². The molecule has 0 aliphatic carbocycles. The molecule has 1 aromatic rings. The third kappa shape index (κ3) is 6.79. The van der Waals surface area contributed by atoms with Crippen molar-refractivity contribution in [2.45, 2.75) is 44.7 Å². The molecule has 2 unspecified atom stereocenters. The Bertz CT molecular complexity index is 597. The van der Waals surface area contributed by atoms with Gasteiger partial charge in [0.1, 0.15) is 12.3 Å².